The molecular weight excluding hydrogens is 341 g/mol. The van der Waals surface area contributed by atoms with E-state index in [0.29, 0.717) is 12.1 Å². The van der Waals surface area contributed by atoms with E-state index in [-0.39, 0.29) is 17.9 Å². The van der Waals surface area contributed by atoms with Crippen LogP contribution in [0, 0.1) is 0 Å². The Labute approximate surface area is 140 Å². The quantitative estimate of drug-likeness (QED) is 0.815. The van der Waals surface area contributed by atoms with Crippen molar-refractivity contribution in [2.45, 2.75) is 37.9 Å². The molecule has 6 nitrogen and oxygen atoms in total. The third kappa shape index (κ3) is 3.51. The molecule has 1 fully saturated rings. The molecule has 0 spiro atoms. The van der Waals surface area contributed by atoms with Crippen LogP contribution in [0.5, 0.6) is 0 Å². The van der Waals surface area contributed by atoms with Crippen LogP contribution in [0.1, 0.15) is 35.4 Å². The lowest BCUT2D eigenvalue weighted by Gasteiger charge is -2.29. The fourth-order valence-electron chi connectivity index (χ4n) is 3.01. The second-order valence-corrected chi connectivity index (χ2v) is 5.95. The molecule has 2 aliphatic heterocycles. The van der Waals surface area contributed by atoms with Gasteiger partial charge in [0.2, 0.25) is 0 Å². The van der Waals surface area contributed by atoms with E-state index in [1.54, 1.807) is 6.07 Å². The van der Waals surface area contributed by atoms with Crippen molar-refractivity contribution in [3.05, 3.63) is 34.9 Å². The van der Waals surface area contributed by atoms with E-state index in [4.69, 9.17) is 0 Å². The normalized spacial score (nSPS) is 21.1. The van der Waals surface area contributed by atoms with Crippen molar-refractivity contribution < 1.29 is 32.4 Å². The van der Waals surface area contributed by atoms with E-state index in [2.05, 4.69) is 10.2 Å². The van der Waals surface area contributed by atoms with E-state index < -0.39 is 29.9 Å². The lowest BCUT2D eigenvalue weighted by Crippen LogP contribution is -2.47. The number of benzene rings is 1. The van der Waals surface area contributed by atoms with Crippen molar-refractivity contribution in [2.75, 3.05) is 6.54 Å². The van der Waals surface area contributed by atoms with Crippen molar-refractivity contribution in [3.63, 3.8) is 0 Å². The lowest BCUT2D eigenvalue weighted by molar-refractivity contribution is -0.237. The summed E-state index contributed by atoms with van der Waals surface area (Å²) in [7, 11) is 0. The molecular formula is C16H15F3N2O4. The summed E-state index contributed by atoms with van der Waals surface area (Å²) < 4.78 is 37.0. The summed E-state index contributed by atoms with van der Waals surface area (Å²) >= 11 is 0. The van der Waals surface area contributed by atoms with Gasteiger partial charge in [-0.3, -0.25) is 9.59 Å². The summed E-state index contributed by atoms with van der Waals surface area (Å²) in [4.78, 5) is 39.1. The van der Waals surface area contributed by atoms with Gasteiger partial charge in [0.15, 0.2) is 0 Å². The highest BCUT2D eigenvalue weighted by molar-refractivity contribution is 6.01. The maximum atomic E-state index is 12.4. The summed E-state index contributed by atoms with van der Waals surface area (Å²) in [5, 5.41) is 3.16. The molecule has 2 heterocycles. The number of fused-ring (bicyclic) bond motifs is 1. The fourth-order valence-corrected chi connectivity index (χ4v) is 3.01. The number of alkyl halides is 3. The highest BCUT2D eigenvalue weighted by atomic mass is 19.4. The molecule has 2 aliphatic rings. The zero-order valence-electron chi connectivity index (χ0n) is 13.1. The number of nitrogens with one attached hydrogen (secondary N) is 1. The molecule has 0 radical (unpaired) electrons. The molecule has 1 saturated heterocycles. The number of nitrogens with zero attached hydrogens (tertiary/aromatic N) is 1. The van der Waals surface area contributed by atoms with E-state index in [1.165, 1.54) is 0 Å². The Kier molecular flexibility index (Phi) is 4.51. The summed E-state index contributed by atoms with van der Waals surface area (Å²) in [5.41, 5.74) is 2.75. The molecule has 0 aromatic heterocycles. The second kappa shape index (κ2) is 6.47. The summed E-state index contributed by atoms with van der Waals surface area (Å²) in [6.45, 7) is 1.50. The minimum Gasteiger partial charge on any atom is -0.322 e. The van der Waals surface area contributed by atoms with Crippen LogP contribution < -0.4 is 5.32 Å². The maximum Gasteiger partial charge on any atom is 0.493 e. The van der Waals surface area contributed by atoms with Crippen LogP contribution in [0.3, 0.4) is 0 Å². The number of amides is 2. The van der Waals surface area contributed by atoms with Gasteiger partial charge in [-0.15, -0.1) is 5.06 Å². The fraction of sp³-hybridized carbons (Fsp3) is 0.438. The number of hydroxylamine groups is 2. The van der Waals surface area contributed by atoms with Crippen LogP contribution in [0.25, 0.3) is 0 Å². The number of halogens is 3. The molecule has 1 atom stereocenters. The average molecular weight is 356 g/mol. The first-order valence-corrected chi connectivity index (χ1v) is 7.75. The first-order valence-electron chi connectivity index (χ1n) is 7.75. The van der Waals surface area contributed by atoms with Gasteiger partial charge in [0, 0.05) is 13.0 Å². The number of piperidine rings is 1. The molecule has 2 amide bonds. The highest BCUT2D eigenvalue weighted by Gasteiger charge is 2.46. The Balaban J connectivity index is 1.82. The topological polar surface area (TPSA) is 75.7 Å². The molecule has 3 rings (SSSR count). The molecule has 1 aromatic rings. The summed E-state index contributed by atoms with van der Waals surface area (Å²) in [5.74, 6) is -5.32. The number of carbonyl (C=O) groups excluding carboxylic acids is 3. The van der Waals surface area contributed by atoms with Crippen LogP contribution in [0.15, 0.2) is 18.2 Å². The van der Waals surface area contributed by atoms with Crippen LogP contribution in [-0.4, -0.2) is 35.6 Å². The molecule has 1 unspecified atom stereocenters. The second-order valence-electron chi connectivity index (χ2n) is 5.95. The first-order chi connectivity index (χ1) is 11.8. The molecule has 0 bridgehead atoms. The van der Waals surface area contributed by atoms with Gasteiger partial charge < -0.3 is 10.2 Å². The first kappa shape index (κ1) is 17.4. The van der Waals surface area contributed by atoms with Gasteiger partial charge in [-0.25, -0.2) is 4.79 Å². The smallest absolute Gasteiger partial charge is 0.322 e. The van der Waals surface area contributed by atoms with E-state index in [1.807, 2.05) is 12.1 Å². The third-order valence-electron chi connectivity index (χ3n) is 4.30. The molecule has 1 aromatic carbocycles. The number of imide groups is 1. The predicted molar refractivity (Wildman–Crippen MR) is 77.8 cm³/mol. The van der Waals surface area contributed by atoms with Gasteiger partial charge in [-0.05, 0) is 36.1 Å². The SMILES string of the molecule is O=C1CCC(c2ccc3c(c2)CCNC3)C(=O)N1OC(=O)C(F)(F)F. The summed E-state index contributed by atoms with van der Waals surface area (Å²) in [6, 6.07) is 5.40. The number of carbonyl (C=O) groups is 3. The Bertz CT molecular complexity index is 733. The van der Waals surface area contributed by atoms with Crippen molar-refractivity contribution in [3.8, 4) is 0 Å². The van der Waals surface area contributed by atoms with E-state index >= 15 is 0 Å². The monoisotopic (exact) mass is 356 g/mol. The molecule has 134 valence electrons. The Morgan fingerprint density at radius 2 is 1.96 bits per heavy atom. The van der Waals surface area contributed by atoms with Crippen LogP contribution in [-0.2, 0) is 32.2 Å². The molecule has 1 N–H and O–H groups in total. The van der Waals surface area contributed by atoms with E-state index in [9.17, 15) is 27.6 Å². The highest BCUT2D eigenvalue weighted by Crippen LogP contribution is 2.31. The van der Waals surface area contributed by atoms with Crippen molar-refractivity contribution in [1.29, 1.82) is 0 Å². The van der Waals surface area contributed by atoms with Crippen LogP contribution >= 0.6 is 0 Å². The van der Waals surface area contributed by atoms with Gasteiger partial charge in [0.25, 0.3) is 11.8 Å². The zero-order valence-corrected chi connectivity index (χ0v) is 13.1. The van der Waals surface area contributed by atoms with Crippen LogP contribution in [0.4, 0.5) is 13.2 Å². The van der Waals surface area contributed by atoms with Crippen LogP contribution in [0.2, 0.25) is 0 Å². The minimum absolute atomic E-state index is 0.0506. The standard InChI is InChI=1S/C16H15F3N2O4/c17-16(18,19)15(24)25-21-13(22)4-3-12(14(21)23)10-1-2-11-8-20-6-5-9(11)7-10/h1-2,7,12,20H,3-6,8H2. The molecule has 9 heteroatoms. The Morgan fingerprint density at radius 3 is 2.68 bits per heavy atom. The van der Waals surface area contributed by atoms with Gasteiger partial charge >= 0.3 is 12.1 Å². The van der Waals surface area contributed by atoms with Gasteiger partial charge in [0.1, 0.15) is 0 Å². The summed E-state index contributed by atoms with van der Waals surface area (Å²) in [6.07, 6.45) is -4.53. The minimum atomic E-state index is -5.29. The Morgan fingerprint density at radius 1 is 1.20 bits per heavy atom. The van der Waals surface area contributed by atoms with Crippen molar-refractivity contribution in [1.82, 2.24) is 10.4 Å². The predicted octanol–water partition coefficient (Wildman–Crippen LogP) is 1.59. The molecule has 0 aliphatic carbocycles. The maximum absolute atomic E-state index is 12.4. The van der Waals surface area contributed by atoms with E-state index in [0.717, 1.165) is 24.1 Å². The number of rotatable bonds is 2. The third-order valence-corrected chi connectivity index (χ3v) is 4.30. The lowest BCUT2D eigenvalue weighted by atomic mass is 9.87. The number of hydrogen-bond donors (Lipinski definition) is 1. The van der Waals surface area contributed by atoms with Crippen molar-refractivity contribution in [2.24, 2.45) is 0 Å². The largest absolute Gasteiger partial charge is 0.493 e. The number of hydrogen-bond acceptors (Lipinski definition) is 5. The van der Waals surface area contributed by atoms with Gasteiger partial charge in [0.05, 0.1) is 5.92 Å². The van der Waals surface area contributed by atoms with Gasteiger partial charge in [-0.1, -0.05) is 18.2 Å². The molecule has 25 heavy (non-hydrogen) atoms. The molecule has 0 saturated carbocycles. The van der Waals surface area contributed by atoms with Crippen molar-refractivity contribution >= 4 is 17.8 Å². The average Bonchev–Trinajstić information content (AvgIpc) is 2.57. The Hall–Kier alpha value is -2.42. The zero-order chi connectivity index (χ0) is 18.2. The van der Waals surface area contributed by atoms with Gasteiger partial charge in [-0.2, -0.15) is 13.2 Å².